The number of amides is 2. The predicted molar refractivity (Wildman–Crippen MR) is 72.4 cm³/mol. The number of nitrogens with one attached hydrogen (secondary N) is 1. The molecule has 1 aliphatic rings. The SMILES string of the molecule is O=C(CN1CC(O)C(O)C1)NC(=O)c1ccc(Cl)cc1. The van der Waals surface area contributed by atoms with E-state index in [0.717, 1.165) is 0 Å². The summed E-state index contributed by atoms with van der Waals surface area (Å²) < 4.78 is 0. The van der Waals surface area contributed by atoms with Gasteiger partial charge in [0.25, 0.3) is 5.91 Å². The molecule has 2 unspecified atom stereocenters. The highest BCUT2D eigenvalue weighted by atomic mass is 35.5. The highest BCUT2D eigenvalue weighted by Gasteiger charge is 2.30. The molecule has 6 nitrogen and oxygen atoms in total. The van der Waals surface area contributed by atoms with Crippen LogP contribution in [-0.2, 0) is 4.79 Å². The minimum Gasteiger partial charge on any atom is -0.389 e. The lowest BCUT2D eigenvalue weighted by atomic mass is 10.2. The van der Waals surface area contributed by atoms with Gasteiger partial charge in [0.2, 0.25) is 5.91 Å². The van der Waals surface area contributed by atoms with Crippen LogP contribution in [0.25, 0.3) is 0 Å². The lowest BCUT2D eigenvalue weighted by Crippen LogP contribution is -2.39. The van der Waals surface area contributed by atoms with Crippen molar-refractivity contribution < 1.29 is 19.8 Å². The van der Waals surface area contributed by atoms with Crippen molar-refractivity contribution in [2.75, 3.05) is 19.6 Å². The first-order chi connectivity index (χ1) is 9.45. The van der Waals surface area contributed by atoms with Crippen LogP contribution in [0.1, 0.15) is 10.4 Å². The number of carbonyl (C=O) groups excluding carboxylic acids is 2. The molecule has 7 heteroatoms. The first-order valence-electron chi connectivity index (χ1n) is 6.14. The Morgan fingerprint density at radius 1 is 1.20 bits per heavy atom. The number of aliphatic hydroxyl groups excluding tert-OH is 2. The molecule has 0 radical (unpaired) electrons. The summed E-state index contributed by atoms with van der Waals surface area (Å²) >= 11 is 5.71. The molecule has 20 heavy (non-hydrogen) atoms. The van der Waals surface area contributed by atoms with Crippen LogP contribution >= 0.6 is 11.6 Å². The van der Waals surface area contributed by atoms with E-state index in [9.17, 15) is 19.8 Å². The Balaban J connectivity index is 1.85. The van der Waals surface area contributed by atoms with Gasteiger partial charge in [0.15, 0.2) is 0 Å². The van der Waals surface area contributed by atoms with E-state index < -0.39 is 24.0 Å². The number of likely N-dealkylation sites (tertiary alicyclic amines) is 1. The van der Waals surface area contributed by atoms with Crippen LogP contribution in [0.2, 0.25) is 5.02 Å². The van der Waals surface area contributed by atoms with Gasteiger partial charge in [0.05, 0.1) is 18.8 Å². The molecule has 3 N–H and O–H groups in total. The minimum atomic E-state index is -0.852. The molecule has 0 aromatic heterocycles. The van der Waals surface area contributed by atoms with Crippen LogP contribution in [0.15, 0.2) is 24.3 Å². The number of imide groups is 1. The summed E-state index contributed by atoms with van der Waals surface area (Å²) in [6.07, 6.45) is -1.70. The third kappa shape index (κ3) is 3.77. The van der Waals surface area contributed by atoms with Gasteiger partial charge in [-0.05, 0) is 24.3 Å². The maximum Gasteiger partial charge on any atom is 0.257 e. The van der Waals surface area contributed by atoms with E-state index in [1.54, 1.807) is 17.0 Å². The zero-order valence-corrected chi connectivity index (χ0v) is 11.4. The standard InChI is InChI=1S/C13H15ClN2O4/c14-9-3-1-8(2-4-9)13(20)15-12(19)7-16-5-10(17)11(18)6-16/h1-4,10-11,17-18H,5-7H2,(H,15,19,20). The number of aliphatic hydroxyl groups is 2. The number of carbonyl (C=O) groups is 2. The summed E-state index contributed by atoms with van der Waals surface area (Å²) in [7, 11) is 0. The number of β-amino-alcohol motifs (C(OH)–C–C–N with tert-alkyl or cyclic N) is 2. The summed E-state index contributed by atoms with van der Waals surface area (Å²) in [5, 5.41) is 21.5. The topological polar surface area (TPSA) is 89.9 Å². The Morgan fingerprint density at radius 3 is 2.30 bits per heavy atom. The minimum absolute atomic E-state index is 0.0482. The van der Waals surface area contributed by atoms with Crippen molar-refractivity contribution in [1.29, 1.82) is 0 Å². The molecule has 1 saturated heterocycles. The predicted octanol–water partition coefficient (Wildman–Crippen LogP) is -0.366. The molecule has 0 aliphatic carbocycles. The molecular weight excluding hydrogens is 284 g/mol. The molecule has 1 aromatic carbocycles. The third-order valence-electron chi connectivity index (χ3n) is 3.06. The average molecular weight is 299 g/mol. The van der Waals surface area contributed by atoms with Crippen molar-refractivity contribution >= 4 is 23.4 Å². The zero-order valence-electron chi connectivity index (χ0n) is 10.6. The largest absolute Gasteiger partial charge is 0.389 e. The van der Waals surface area contributed by atoms with Crippen LogP contribution in [0.5, 0.6) is 0 Å². The second-order valence-corrected chi connectivity index (χ2v) is 5.15. The van der Waals surface area contributed by atoms with Crippen molar-refractivity contribution in [2.24, 2.45) is 0 Å². The van der Waals surface area contributed by atoms with Gasteiger partial charge in [-0.15, -0.1) is 0 Å². The fraction of sp³-hybridized carbons (Fsp3) is 0.385. The molecule has 2 atom stereocenters. The molecule has 0 bridgehead atoms. The summed E-state index contributed by atoms with van der Waals surface area (Å²) in [6.45, 7) is 0.376. The molecule has 2 amide bonds. The van der Waals surface area contributed by atoms with Crippen molar-refractivity contribution in [3.63, 3.8) is 0 Å². The zero-order chi connectivity index (χ0) is 14.7. The number of hydrogen-bond acceptors (Lipinski definition) is 5. The normalized spacial score (nSPS) is 22.8. The molecule has 1 heterocycles. The van der Waals surface area contributed by atoms with E-state index in [2.05, 4.69) is 5.32 Å². The van der Waals surface area contributed by atoms with Gasteiger partial charge in [-0.1, -0.05) is 11.6 Å². The number of halogens is 1. The van der Waals surface area contributed by atoms with Crippen LogP contribution < -0.4 is 5.32 Å². The van der Waals surface area contributed by atoms with Crippen LogP contribution in [0, 0.1) is 0 Å². The fourth-order valence-corrected chi connectivity index (χ4v) is 2.14. The van der Waals surface area contributed by atoms with Gasteiger partial charge in [0.1, 0.15) is 0 Å². The first-order valence-corrected chi connectivity index (χ1v) is 6.52. The second kappa shape index (κ2) is 6.32. The van der Waals surface area contributed by atoms with E-state index in [-0.39, 0.29) is 19.6 Å². The lowest BCUT2D eigenvalue weighted by molar-refractivity contribution is -0.121. The van der Waals surface area contributed by atoms with Crippen molar-refractivity contribution in [2.45, 2.75) is 12.2 Å². The van der Waals surface area contributed by atoms with Crippen LogP contribution in [-0.4, -0.2) is 58.8 Å². The van der Waals surface area contributed by atoms with E-state index in [4.69, 9.17) is 11.6 Å². The fourth-order valence-electron chi connectivity index (χ4n) is 2.02. The summed E-state index contributed by atoms with van der Waals surface area (Å²) in [4.78, 5) is 25.1. The monoisotopic (exact) mass is 298 g/mol. The highest BCUT2D eigenvalue weighted by Crippen LogP contribution is 2.10. The van der Waals surface area contributed by atoms with Crippen LogP contribution in [0.3, 0.4) is 0 Å². The second-order valence-electron chi connectivity index (χ2n) is 4.71. The van der Waals surface area contributed by atoms with Gasteiger partial charge < -0.3 is 10.2 Å². The Bertz CT molecular complexity index is 496. The number of benzene rings is 1. The first kappa shape index (κ1) is 14.9. The molecule has 2 rings (SSSR count). The quantitative estimate of drug-likeness (QED) is 0.709. The molecule has 0 spiro atoms. The molecular formula is C13H15ClN2O4. The molecule has 108 valence electrons. The third-order valence-corrected chi connectivity index (χ3v) is 3.31. The van der Waals surface area contributed by atoms with Crippen molar-refractivity contribution in [3.05, 3.63) is 34.9 Å². The van der Waals surface area contributed by atoms with E-state index in [0.29, 0.717) is 10.6 Å². The van der Waals surface area contributed by atoms with E-state index >= 15 is 0 Å². The maximum absolute atomic E-state index is 11.8. The number of nitrogens with zero attached hydrogens (tertiary/aromatic N) is 1. The number of rotatable bonds is 3. The molecule has 1 aromatic rings. The van der Waals surface area contributed by atoms with Gasteiger partial charge >= 0.3 is 0 Å². The van der Waals surface area contributed by atoms with Crippen LogP contribution in [0.4, 0.5) is 0 Å². The van der Waals surface area contributed by atoms with Gasteiger partial charge in [-0.3, -0.25) is 19.8 Å². The van der Waals surface area contributed by atoms with Gasteiger partial charge in [-0.25, -0.2) is 0 Å². The Kier molecular flexibility index (Phi) is 4.72. The van der Waals surface area contributed by atoms with E-state index in [1.165, 1.54) is 12.1 Å². The Labute approximate surface area is 121 Å². The number of hydrogen-bond donors (Lipinski definition) is 3. The average Bonchev–Trinajstić information content (AvgIpc) is 2.68. The smallest absolute Gasteiger partial charge is 0.257 e. The lowest BCUT2D eigenvalue weighted by Gasteiger charge is -2.13. The van der Waals surface area contributed by atoms with Gasteiger partial charge in [-0.2, -0.15) is 0 Å². The van der Waals surface area contributed by atoms with Gasteiger partial charge in [0, 0.05) is 23.7 Å². The van der Waals surface area contributed by atoms with Crippen molar-refractivity contribution in [3.8, 4) is 0 Å². The summed E-state index contributed by atoms with van der Waals surface area (Å²) in [5.41, 5.74) is 0.337. The van der Waals surface area contributed by atoms with Crippen molar-refractivity contribution in [1.82, 2.24) is 10.2 Å². The highest BCUT2D eigenvalue weighted by molar-refractivity contribution is 6.30. The molecule has 1 fully saturated rings. The van der Waals surface area contributed by atoms with E-state index in [1.807, 2.05) is 0 Å². The molecule has 1 aliphatic heterocycles. The Morgan fingerprint density at radius 2 is 1.75 bits per heavy atom. The molecule has 0 saturated carbocycles. The maximum atomic E-state index is 11.8. The summed E-state index contributed by atoms with van der Waals surface area (Å²) in [5.74, 6) is -0.988. The summed E-state index contributed by atoms with van der Waals surface area (Å²) in [6, 6.07) is 6.17. The Hall–Kier alpha value is -1.47.